The van der Waals surface area contributed by atoms with Crippen LogP contribution < -0.4 is 16.4 Å². The Morgan fingerprint density at radius 2 is 1.97 bits per heavy atom. The van der Waals surface area contributed by atoms with E-state index in [-0.39, 0.29) is 30.5 Å². The number of nitrogens with zero attached hydrogens (tertiary/aromatic N) is 2. The fourth-order valence-corrected chi connectivity index (χ4v) is 3.54. The lowest BCUT2D eigenvalue weighted by atomic mass is 10.0. The van der Waals surface area contributed by atoms with Crippen LogP contribution in [0.3, 0.4) is 0 Å². The maximum Gasteiger partial charge on any atom is 0.243 e. The predicted molar refractivity (Wildman–Crippen MR) is 108 cm³/mol. The number of likely N-dealkylation sites (N-methyl/N-ethyl adjacent to an activating group) is 1. The van der Waals surface area contributed by atoms with Crippen molar-refractivity contribution in [3.05, 3.63) is 59.3 Å². The standard InChI is InChI=1S/C21H25F2N5O2/c1-28-6-2-3-18(28)21(30)27-17(9-14-7-15(22)10-16(23)8-14)20(29)26-12-13-4-5-19(24)25-11-13/h4-5,7-8,10-11,17-18H,2-3,6,9,12H2,1H3,(H2,24,25)(H,26,29)(H,27,30)/t17-,18+/m0/s1. The van der Waals surface area contributed by atoms with Crippen molar-refractivity contribution in [1.82, 2.24) is 20.5 Å². The minimum absolute atomic E-state index is 0.0390. The van der Waals surface area contributed by atoms with E-state index < -0.39 is 23.6 Å². The summed E-state index contributed by atoms with van der Waals surface area (Å²) < 4.78 is 27.2. The van der Waals surface area contributed by atoms with Gasteiger partial charge in [-0.25, -0.2) is 13.8 Å². The lowest BCUT2D eigenvalue weighted by Gasteiger charge is -2.24. The number of anilines is 1. The van der Waals surface area contributed by atoms with Gasteiger partial charge in [-0.05, 0) is 55.8 Å². The van der Waals surface area contributed by atoms with E-state index in [9.17, 15) is 18.4 Å². The molecule has 0 spiro atoms. The molecule has 0 saturated carbocycles. The van der Waals surface area contributed by atoms with Crippen LogP contribution in [0.2, 0.25) is 0 Å². The lowest BCUT2D eigenvalue weighted by molar-refractivity contribution is -0.131. The summed E-state index contributed by atoms with van der Waals surface area (Å²) in [7, 11) is 1.85. The van der Waals surface area contributed by atoms with Crippen LogP contribution in [0.5, 0.6) is 0 Å². The molecule has 1 aliphatic rings. The largest absolute Gasteiger partial charge is 0.384 e. The van der Waals surface area contributed by atoms with Gasteiger partial charge in [-0.2, -0.15) is 0 Å². The molecular formula is C21H25F2N5O2. The van der Waals surface area contributed by atoms with Crippen LogP contribution in [0, 0.1) is 11.6 Å². The van der Waals surface area contributed by atoms with Crippen LogP contribution in [0.25, 0.3) is 0 Å². The number of benzene rings is 1. The Morgan fingerprint density at radius 1 is 1.23 bits per heavy atom. The number of carbonyl (C=O) groups excluding carboxylic acids is 2. The maximum absolute atomic E-state index is 13.6. The summed E-state index contributed by atoms with van der Waals surface area (Å²) in [5.41, 5.74) is 6.57. The van der Waals surface area contributed by atoms with Gasteiger partial charge in [-0.3, -0.25) is 14.5 Å². The molecule has 9 heteroatoms. The summed E-state index contributed by atoms with van der Waals surface area (Å²) in [5, 5.41) is 5.49. The van der Waals surface area contributed by atoms with E-state index in [4.69, 9.17) is 5.73 Å². The molecule has 1 saturated heterocycles. The maximum atomic E-state index is 13.6. The summed E-state index contributed by atoms with van der Waals surface area (Å²) in [5.74, 6) is -1.84. The number of hydrogen-bond acceptors (Lipinski definition) is 5. The molecule has 30 heavy (non-hydrogen) atoms. The van der Waals surface area contributed by atoms with Gasteiger partial charge in [0.05, 0.1) is 6.04 Å². The van der Waals surface area contributed by atoms with E-state index in [2.05, 4.69) is 15.6 Å². The monoisotopic (exact) mass is 417 g/mol. The fraction of sp³-hybridized carbons (Fsp3) is 0.381. The third-order valence-electron chi connectivity index (χ3n) is 5.13. The number of nitrogens with two attached hydrogens (primary N) is 1. The quantitative estimate of drug-likeness (QED) is 0.632. The van der Waals surface area contributed by atoms with Crippen LogP contribution in [0.4, 0.5) is 14.6 Å². The van der Waals surface area contributed by atoms with Gasteiger partial charge in [0.2, 0.25) is 11.8 Å². The molecule has 1 aliphatic heterocycles. The van der Waals surface area contributed by atoms with Gasteiger partial charge >= 0.3 is 0 Å². The molecule has 7 nitrogen and oxygen atoms in total. The molecule has 0 aliphatic carbocycles. The number of aromatic nitrogens is 1. The third-order valence-corrected chi connectivity index (χ3v) is 5.13. The summed E-state index contributed by atoms with van der Waals surface area (Å²) in [4.78, 5) is 31.4. The highest BCUT2D eigenvalue weighted by atomic mass is 19.1. The van der Waals surface area contributed by atoms with E-state index in [0.717, 1.165) is 36.7 Å². The molecule has 1 fully saturated rings. The zero-order valence-corrected chi connectivity index (χ0v) is 16.7. The average molecular weight is 417 g/mol. The number of carbonyl (C=O) groups is 2. The van der Waals surface area contributed by atoms with E-state index in [1.54, 1.807) is 18.3 Å². The molecule has 2 amide bonds. The van der Waals surface area contributed by atoms with Gasteiger partial charge in [-0.1, -0.05) is 6.07 Å². The zero-order chi connectivity index (χ0) is 21.7. The van der Waals surface area contributed by atoms with Crippen molar-refractivity contribution in [2.24, 2.45) is 0 Å². The van der Waals surface area contributed by atoms with Crippen molar-refractivity contribution in [3.8, 4) is 0 Å². The number of nitrogen functional groups attached to an aromatic ring is 1. The van der Waals surface area contributed by atoms with Gasteiger partial charge in [0, 0.05) is 25.2 Å². The van der Waals surface area contributed by atoms with Crippen LogP contribution in [0.15, 0.2) is 36.5 Å². The van der Waals surface area contributed by atoms with Gasteiger partial charge in [0.15, 0.2) is 0 Å². The Bertz CT molecular complexity index is 887. The van der Waals surface area contributed by atoms with Crippen molar-refractivity contribution in [3.63, 3.8) is 0 Å². The van der Waals surface area contributed by atoms with Gasteiger partial charge in [0.1, 0.15) is 23.5 Å². The van der Waals surface area contributed by atoms with E-state index >= 15 is 0 Å². The Hall–Kier alpha value is -3.07. The fourth-order valence-electron chi connectivity index (χ4n) is 3.54. The highest BCUT2D eigenvalue weighted by Gasteiger charge is 2.31. The van der Waals surface area contributed by atoms with Crippen LogP contribution in [-0.4, -0.2) is 47.4 Å². The molecule has 2 heterocycles. The number of rotatable bonds is 7. The van der Waals surface area contributed by atoms with Crippen molar-refractivity contribution in [1.29, 1.82) is 0 Å². The van der Waals surface area contributed by atoms with Crippen molar-refractivity contribution >= 4 is 17.6 Å². The van der Waals surface area contributed by atoms with Crippen LogP contribution in [0.1, 0.15) is 24.0 Å². The molecule has 2 aromatic rings. The molecule has 2 atom stereocenters. The molecule has 0 bridgehead atoms. The van der Waals surface area contributed by atoms with Gasteiger partial charge < -0.3 is 16.4 Å². The smallest absolute Gasteiger partial charge is 0.243 e. The molecule has 0 radical (unpaired) electrons. The Balaban J connectivity index is 1.72. The lowest BCUT2D eigenvalue weighted by Crippen LogP contribution is -2.52. The molecule has 160 valence electrons. The zero-order valence-electron chi connectivity index (χ0n) is 16.7. The number of hydrogen-bond donors (Lipinski definition) is 3. The van der Waals surface area contributed by atoms with Crippen LogP contribution >= 0.6 is 0 Å². The van der Waals surface area contributed by atoms with Gasteiger partial charge in [-0.15, -0.1) is 0 Å². The second kappa shape index (κ2) is 9.62. The summed E-state index contributed by atoms with van der Waals surface area (Å²) >= 11 is 0. The first-order valence-corrected chi connectivity index (χ1v) is 9.75. The third kappa shape index (κ3) is 5.73. The number of pyridine rings is 1. The van der Waals surface area contributed by atoms with Crippen molar-refractivity contribution < 1.29 is 18.4 Å². The van der Waals surface area contributed by atoms with E-state index in [1.165, 1.54) is 0 Å². The van der Waals surface area contributed by atoms with Gasteiger partial charge in [0.25, 0.3) is 0 Å². The first-order chi connectivity index (χ1) is 14.3. The van der Waals surface area contributed by atoms with E-state index in [0.29, 0.717) is 12.2 Å². The van der Waals surface area contributed by atoms with E-state index in [1.807, 2.05) is 11.9 Å². The highest BCUT2D eigenvalue weighted by molar-refractivity contribution is 5.90. The number of amides is 2. The number of likely N-dealkylation sites (tertiary alicyclic amines) is 1. The Kier molecular flexibility index (Phi) is 6.94. The summed E-state index contributed by atoms with van der Waals surface area (Å²) in [6.07, 6.45) is 3.09. The number of halogens is 2. The first-order valence-electron chi connectivity index (χ1n) is 9.75. The van der Waals surface area contributed by atoms with Crippen molar-refractivity contribution in [2.45, 2.75) is 37.9 Å². The highest BCUT2D eigenvalue weighted by Crippen LogP contribution is 2.16. The summed E-state index contributed by atoms with van der Waals surface area (Å²) in [6.45, 7) is 0.980. The number of nitrogens with one attached hydrogen (secondary N) is 2. The SMILES string of the molecule is CN1CCC[C@@H]1C(=O)N[C@@H](Cc1cc(F)cc(F)c1)C(=O)NCc1ccc(N)nc1. The second-order valence-corrected chi connectivity index (χ2v) is 7.49. The van der Waals surface area contributed by atoms with Crippen LogP contribution in [-0.2, 0) is 22.6 Å². The first kappa shape index (κ1) is 21.6. The predicted octanol–water partition coefficient (Wildman–Crippen LogP) is 1.38. The molecule has 3 rings (SSSR count). The summed E-state index contributed by atoms with van der Waals surface area (Å²) in [6, 6.07) is 5.11. The topological polar surface area (TPSA) is 100 Å². The minimum atomic E-state index is -0.977. The second-order valence-electron chi connectivity index (χ2n) is 7.49. The average Bonchev–Trinajstić information content (AvgIpc) is 3.12. The van der Waals surface area contributed by atoms with Crippen molar-refractivity contribution in [2.75, 3.05) is 19.3 Å². The Morgan fingerprint density at radius 3 is 2.57 bits per heavy atom. The normalized spacial score (nSPS) is 17.5. The molecule has 1 aromatic carbocycles. The molecule has 0 unspecified atom stereocenters. The molecule has 4 N–H and O–H groups in total. The molecule has 1 aromatic heterocycles. The Labute approximate surface area is 173 Å². The molecular weight excluding hydrogens is 392 g/mol. The minimum Gasteiger partial charge on any atom is -0.384 e.